The molecule has 0 aliphatic heterocycles. The summed E-state index contributed by atoms with van der Waals surface area (Å²) in [5.74, 6) is -0.374. The summed E-state index contributed by atoms with van der Waals surface area (Å²) in [4.78, 5) is 11.7. The second kappa shape index (κ2) is 7.36. The van der Waals surface area contributed by atoms with Gasteiger partial charge in [0.25, 0.3) is 0 Å². The summed E-state index contributed by atoms with van der Waals surface area (Å²) in [5.41, 5.74) is 0.309. The topological polar surface area (TPSA) is 35.5 Å². The van der Waals surface area contributed by atoms with Crippen molar-refractivity contribution in [2.45, 2.75) is 32.3 Å². The van der Waals surface area contributed by atoms with E-state index in [0.717, 1.165) is 6.42 Å². The Morgan fingerprint density at radius 1 is 1.21 bits per heavy atom. The van der Waals surface area contributed by atoms with Crippen molar-refractivity contribution in [2.75, 3.05) is 20.3 Å². The molecule has 0 unspecified atom stereocenters. The van der Waals surface area contributed by atoms with Crippen molar-refractivity contribution in [2.24, 2.45) is 0 Å². The van der Waals surface area contributed by atoms with E-state index in [1.165, 1.54) is 24.3 Å². The molecule has 0 saturated heterocycles. The maximum absolute atomic E-state index is 12.7. The van der Waals surface area contributed by atoms with Gasteiger partial charge in [0.15, 0.2) is 5.78 Å². The smallest absolute Gasteiger partial charge is 0.165 e. The molecule has 0 aliphatic carbocycles. The largest absolute Gasteiger partial charge is 0.381 e. The summed E-state index contributed by atoms with van der Waals surface area (Å²) in [7, 11) is 1.66. The standard InChI is InChI=1S/C15H21FO3/c1-15(2,18-3)9-11-19-10-8-14(17)12-4-6-13(16)7-5-12/h4-7H,8-11H2,1-3H3. The van der Waals surface area contributed by atoms with E-state index in [1.807, 2.05) is 13.8 Å². The lowest BCUT2D eigenvalue weighted by molar-refractivity contribution is -0.00955. The lowest BCUT2D eigenvalue weighted by Gasteiger charge is -2.22. The van der Waals surface area contributed by atoms with E-state index in [4.69, 9.17) is 9.47 Å². The van der Waals surface area contributed by atoms with Gasteiger partial charge in [0, 0.05) is 25.7 Å². The highest BCUT2D eigenvalue weighted by Crippen LogP contribution is 2.12. The predicted molar refractivity (Wildman–Crippen MR) is 71.9 cm³/mol. The zero-order chi connectivity index (χ0) is 14.3. The molecule has 0 aromatic heterocycles. The van der Waals surface area contributed by atoms with Crippen molar-refractivity contribution in [3.63, 3.8) is 0 Å². The number of carbonyl (C=O) groups is 1. The molecular weight excluding hydrogens is 247 g/mol. The average molecular weight is 268 g/mol. The number of benzene rings is 1. The fraction of sp³-hybridized carbons (Fsp3) is 0.533. The highest BCUT2D eigenvalue weighted by Gasteiger charge is 2.15. The molecular formula is C15H21FO3. The number of hydrogen-bond acceptors (Lipinski definition) is 3. The number of methoxy groups -OCH3 is 1. The summed E-state index contributed by atoms with van der Waals surface area (Å²) in [6, 6.07) is 5.56. The quantitative estimate of drug-likeness (QED) is 0.536. The van der Waals surface area contributed by atoms with Crippen LogP contribution in [0.15, 0.2) is 24.3 Å². The molecule has 3 nitrogen and oxygen atoms in total. The maximum Gasteiger partial charge on any atom is 0.165 e. The number of ketones is 1. The van der Waals surface area contributed by atoms with Crippen molar-refractivity contribution < 1.29 is 18.7 Å². The van der Waals surface area contributed by atoms with Gasteiger partial charge in [-0.3, -0.25) is 4.79 Å². The maximum atomic E-state index is 12.7. The van der Waals surface area contributed by atoms with Gasteiger partial charge >= 0.3 is 0 Å². The Bertz CT molecular complexity index is 398. The lowest BCUT2D eigenvalue weighted by Crippen LogP contribution is -2.24. The normalized spacial score (nSPS) is 11.6. The molecule has 0 aliphatic rings. The van der Waals surface area contributed by atoms with Crippen molar-refractivity contribution >= 4 is 5.78 Å². The first-order chi connectivity index (χ1) is 8.94. The number of halogens is 1. The highest BCUT2D eigenvalue weighted by atomic mass is 19.1. The van der Waals surface area contributed by atoms with E-state index in [9.17, 15) is 9.18 Å². The van der Waals surface area contributed by atoms with Crippen LogP contribution in [0.5, 0.6) is 0 Å². The number of ether oxygens (including phenoxy) is 2. The number of rotatable bonds is 8. The predicted octanol–water partition coefficient (Wildman–Crippen LogP) is 3.23. The first kappa shape index (κ1) is 15.8. The Kier molecular flexibility index (Phi) is 6.12. The molecule has 0 spiro atoms. The molecule has 0 N–H and O–H groups in total. The minimum atomic E-state index is -0.338. The van der Waals surface area contributed by atoms with E-state index in [-0.39, 0.29) is 17.2 Å². The van der Waals surface area contributed by atoms with Gasteiger partial charge in [0.05, 0.1) is 12.2 Å². The molecule has 1 aromatic carbocycles. The van der Waals surface area contributed by atoms with Gasteiger partial charge in [-0.25, -0.2) is 4.39 Å². The van der Waals surface area contributed by atoms with E-state index in [0.29, 0.717) is 25.2 Å². The van der Waals surface area contributed by atoms with Crippen molar-refractivity contribution in [3.05, 3.63) is 35.6 Å². The lowest BCUT2D eigenvalue weighted by atomic mass is 10.1. The summed E-state index contributed by atoms with van der Waals surface area (Å²) >= 11 is 0. The van der Waals surface area contributed by atoms with E-state index >= 15 is 0 Å². The number of carbonyl (C=O) groups excluding carboxylic acids is 1. The Morgan fingerprint density at radius 3 is 2.42 bits per heavy atom. The Balaban J connectivity index is 2.23. The monoisotopic (exact) mass is 268 g/mol. The van der Waals surface area contributed by atoms with Gasteiger partial charge < -0.3 is 9.47 Å². The molecule has 0 heterocycles. The first-order valence-corrected chi connectivity index (χ1v) is 6.36. The van der Waals surface area contributed by atoms with Gasteiger partial charge in [-0.1, -0.05) is 0 Å². The number of Topliss-reactive ketones (excluding diaryl/α,β-unsaturated/α-hetero) is 1. The summed E-state index contributed by atoms with van der Waals surface area (Å²) in [5, 5.41) is 0. The molecule has 0 atom stereocenters. The van der Waals surface area contributed by atoms with Crippen LogP contribution in [0.3, 0.4) is 0 Å². The van der Waals surface area contributed by atoms with Crippen LogP contribution in [0.1, 0.15) is 37.0 Å². The Hall–Kier alpha value is -1.26. The fourth-order valence-electron chi connectivity index (χ4n) is 1.47. The molecule has 0 fully saturated rings. The number of hydrogen-bond donors (Lipinski definition) is 0. The van der Waals surface area contributed by atoms with Crippen LogP contribution in [-0.2, 0) is 9.47 Å². The van der Waals surface area contributed by atoms with E-state index in [2.05, 4.69) is 0 Å². The first-order valence-electron chi connectivity index (χ1n) is 6.36. The Morgan fingerprint density at radius 2 is 1.84 bits per heavy atom. The molecule has 0 bridgehead atoms. The summed E-state index contributed by atoms with van der Waals surface area (Å²) in [6.45, 7) is 4.90. The van der Waals surface area contributed by atoms with Gasteiger partial charge in [-0.05, 0) is 44.5 Å². The fourth-order valence-corrected chi connectivity index (χ4v) is 1.47. The highest BCUT2D eigenvalue weighted by molar-refractivity contribution is 5.96. The Labute approximate surface area is 113 Å². The molecule has 0 amide bonds. The molecule has 4 heteroatoms. The van der Waals surface area contributed by atoms with E-state index in [1.54, 1.807) is 7.11 Å². The van der Waals surface area contributed by atoms with Gasteiger partial charge in [-0.2, -0.15) is 0 Å². The third kappa shape index (κ3) is 5.94. The zero-order valence-electron chi connectivity index (χ0n) is 11.7. The second-order valence-electron chi connectivity index (χ2n) is 5.01. The van der Waals surface area contributed by atoms with Crippen LogP contribution >= 0.6 is 0 Å². The molecule has 106 valence electrons. The average Bonchev–Trinajstić information content (AvgIpc) is 2.39. The van der Waals surface area contributed by atoms with Crippen molar-refractivity contribution in [3.8, 4) is 0 Å². The van der Waals surface area contributed by atoms with Crippen LogP contribution in [-0.4, -0.2) is 31.7 Å². The van der Waals surface area contributed by atoms with Crippen LogP contribution in [0.4, 0.5) is 4.39 Å². The zero-order valence-corrected chi connectivity index (χ0v) is 11.7. The molecule has 0 saturated carbocycles. The minimum Gasteiger partial charge on any atom is -0.381 e. The second-order valence-corrected chi connectivity index (χ2v) is 5.01. The molecule has 1 aromatic rings. The molecule has 1 rings (SSSR count). The van der Waals surface area contributed by atoms with Crippen LogP contribution in [0.25, 0.3) is 0 Å². The molecule has 0 radical (unpaired) electrons. The van der Waals surface area contributed by atoms with Crippen LogP contribution in [0, 0.1) is 5.82 Å². The van der Waals surface area contributed by atoms with Crippen LogP contribution < -0.4 is 0 Å². The van der Waals surface area contributed by atoms with Crippen LogP contribution in [0.2, 0.25) is 0 Å². The summed E-state index contributed by atoms with van der Waals surface area (Å²) < 4.78 is 23.4. The SMILES string of the molecule is COC(C)(C)CCOCCC(=O)c1ccc(F)cc1. The summed E-state index contributed by atoms with van der Waals surface area (Å²) in [6.07, 6.45) is 1.08. The molecule has 19 heavy (non-hydrogen) atoms. The third-order valence-corrected chi connectivity index (χ3v) is 3.04. The van der Waals surface area contributed by atoms with Gasteiger partial charge in [-0.15, -0.1) is 0 Å². The van der Waals surface area contributed by atoms with Gasteiger partial charge in [0.1, 0.15) is 5.82 Å². The van der Waals surface area contributed by atoms with Gasteiger partial charge in [0.2, 0.25) is 0 Å². The third-order valence-electron chi connectivity index (χ3n) is 3.04. The van der Waals surface area contributed by atoms with Crippen molar-refractivity contribution in [1.29, 1.82) is 0 Å². The van der Waals surface area contributed by atoms with E-state index < -0.39 is 0 Å². The van der Waals surface area contributed by atoms with Crippen molar-refractivity contribution in [1.82, 2.24) is 0 Å². The minimum absolute atomic E-state index is 0.0361.